The lowest BCUT2D eigenvalue weighted by Gasteiger charge is -2.17. The number of methoxy groups -OCH3 is 1. The van der Waals surface area contributed by atoms with E-state index in [9.17, 15) is 19.7 Å². The molecule has 20 heavy (non-hydrogen) atoms. The van der Waals surface area contributed by atoms with Gasteiger partial charge in [-0.15, -0.1) is 0 Å². The fourth-order valence-corrected chi connectivity index (χ4v) is 1.60. The van der Waals surface area contributed by atoms with Crippen LogP contribution in [-0.2, 0) is 9.53 Å². The molecule has 0 aromatic carbocycles. The van der Waals surface area contributed by atoms with Gasteiger partial charge < -0.3 is 14.5 Å². The standard InChI is InChI=1S/C12H16N2O6/c1-7(2)6-8(12(16)19-3)13-11(15)9-4-5-10(20-9)14(17)18/h4-5,7-8H,6H2,1-3H3,(H,13,15). The molecule has 0 bridgehead atoms. The van der Waals surface area contributed by atoms with E-state index in [0.29, 0.717) is 6.42 Å². The Balaban J connectivity index is 2.78. The molecular weight excluding hydrogens is 268 g/mol. The van der Waals surface area contributed by atoms with Crippen LogP contribution in [0.2, 0.25) is 0 Å². The second-order valence-corrected chi connectivity index (χ2v) is 4.57. The van der Waals surface area contributed by atoms with Crippen LogP contribution in [0.3, 0.4) is 0 Å². The number of rotatable bonds is 6. The second kappa shape index (κ2) is 6.69. The Bertz CT molecular complexity index is 508. The van der Waals surface area contributed by atoms with Crippen LogP contribution in [0, 0.1) is 16.0 Å². The highest BCUT2D eigenvalue weighted by Crippen LogP contribution is 2.16. The molecule has 1 unspecified atom stereocenters. The number of amides is 1. The number of carbonyl (C=O) groups excluding carboxylic acids is 2. The largest absolute Gasteiger partial charge is 0.467 e. The molecule has 1 aromatic rings. The minimum Gasteiger partial charge on any atom is -0.467 e. The third-order valence-corrected chi connectivity index (χ3v) is 2.49. The van der Waals surface area contributed by atoms with Crippen LogP contribution in [0.15, 0.2) is 16.5 Å². The topological polar surface area (TPSA) is 112 Å². The molecule has 0 saturated heterocycles. The van der Waals surface area contributed by atoms with Crippen molar-refractivity contribution >= 4 is 17.8 Å². The first-order valence-corrected chi connectivity index (χ1v) is 5.98. The quantitative estimate of drug-likeness (QED) is 0.481. The summed E-state index contributed by atoms with van der Waals surface area (Å²) in [4.78, 5) is 33.1. The van der Waals surface area contributed by atoms with E-state index in [1.54, 1.807) is 0 Å². The maximum absolute atomic E-state index is 11.9. The Morgan fingerprint density at radius 2 is 2.10 bits per heavy atom. The fourth-order valence-electron chi connectivity index (χ4n) is 1.60. The summed E-state index contributed by atoms with van der Waals surface area (Å²) < 4.78 is 9.36. The van der Waals surface area contributed by atoms with Gasteiger partial charge in [0, 0.05) is 0 Å². The van der Waals surface area contributed by atoms with E-state index in [0.717, 1.165) is 6.07 Å². The monoisotopic (exact) mass is 284 g/mol. The average molecular weight is 284 g/mol. The van der Waals surface area contributed by atoms with Crippen molar-refractivity contribution in [2.24, 2.45) is 5.92 Å². The van der Waals surface area contributed by atoms with E-state index in [1.807, 2.05) is 13.8 Å². The third kappa shape index (κ3) is 4.08. The maximum Gasteiger partial charge on any atom is 0.433 e. The molecular formula is C12H16N2O6. The minimum absolute atomic E-state index is 0.158. The zero-order valence-electron chi connectivity index (χ0n) is 11.4. The number of nitrogens with one attached hydrogen (secondary N) is 1. The molecule has 1 atom stereocenters. The van der Waals surface area contributed by atoms with E-state index < -0.39 is 28.7 Å². The zero-order chi connectivity index (χ0) is 15.3. The number of nitro groups is 1. The van der Waals surface area contributed by atoms with Crippen LogP contribution in [0.4, 0.5) is 5.88 Å². The van der Waals surface area contributed by atoms with Gasteiger partial charge in [-0.25, -0.2) is 4.79 Å². The molecule has 0 aliphatic heterocycles. The lowest BCUT2D eigenvalue weighted by molar-refractivity contribution is -0.402. The Morgan fingerprint density at radius 1 is 1.45 bits per heavy atom. The number of hydrogen-bond donors (Lipinski definition) is 1. The van der Waals surface area contributed by atoms with Gasteiger partial charge in [0.1, 0.15) is 11.0 Å². The van der Waals surface area contributed by atoms with Crippen molar-refractivity contribution in [3.8, 4) is 0 Å². The predicted molar refractivity (Wildman–Crippen MR) is 68.1 cm³/mol. The van der Waals surface area contributed by atoms with E-state index in [2.05, 4.69) is 10.1 Å². The Morgan fingerprint density at radius 3 is 2.55 bits per heavy atom. The van der Waals surface area contributed by atoms with Gasteiger partial charge in [0.05, 0.1) is 13.2 Å². The molecule has 0 fully saturated rings. The lowest BCUT2D eigenvalue weighted by atomic mass is 10.0. The van der Waals surface area contributed by atoms with Gasteiger partial charge in [-0.2, -0.15) is 0 Å². The molecule has 1 heterocycles. The summed E-state index contributed by atoms with van der Waals surface area (Å²) in [5.74, 6) is -1.88. The summed E-state index contributed by atoms with van der Waals surface area (Å²) >= 11 is 0. The Kier molecular flexibility index (Phi) is 5.24. The molecule has 0 aliphatic carbocycles. The van der Waals surface area contributed by atoms with Gasteiger partial charge in [0.2, 0.25) is 0 Å². The summed E-state index contributed by atoms with van der Waals surface area (Å²) in [5, 5.41) is 12.9. The molecule has 1 rings (SSSR count). The molecule has 0 radical (unpaired) electrons. The highest BCUT2D eigenvalue weighted by atomic mass is 16.6. The van der Waals surface area contributed by atoms with E-state index >= 15 is 0 Å². The van der Waals surface area contributed by atoms with Gasteiger partial charge in [0.15, 0.2) is 5.76 Å². The first kappa shape index (κ1) is 15.7. The van der Waals surface area contributed by atoms with Gasteiger partial charge in [-0.05, 0) is 18.4 Å². The van der Waals surface area contributed by atoms with Gasteiger partial charge in [-0.1, -0.05) is 13.8 Å². The third-order valence-electron chi connectivity index (χ3n) is 2.49. The molecule has 1 amide bonds. The summed E-state index contributed by atoms with van der Waals surface area (Å²) in [6.07, 6.45) is 0.390. The van der Waals surface area contributed by atoms with Crippen LogP contribution < -0.4 is 5.32 Å². The Hall–Kier alpha value is -2.38. The van der Waals surface area contributed by atoms with Crippen molar-refractivity contribution in [1.29, 1.82) is 0 Å². The minimum atomic E-state index is -0.823. The number of hydrogen-bond acceptors (Lipinski definition) is 6. The van der Waals surface area contributed by atoms with Gasteiger partial charge >= 0.3 is 11.9 Å². The molecule has 0 spiro atoms. The van der Waals surface area contributed by atoms with Crippen molar-refractivity contribution < 1.29 is 23.7 Å². The van der Waals surface area contributed by atoms with Crippen molar-refractivity contribution in [2.45, 2.75) is 26.3 Å². The number of esters is 1. The van der Waals surface area contributed by atoms with Crippen LogP contribution in [0.25, 0.3) is 0 Å². The lowest BCUT2D eigenvalue weighted by Crippen LogP contribution is -2.42. The molecule has 8 heteroatoms. The zero-order valence-corrected chi connectivity index (χ0v) is 11.4. The molecule has 110 valence electrons. The fraction of sp³-hybridized carbons (Fsp3) is 0.500. The predicted octanol–water partition coefficient (Wildman–Crippen LogP) is 1.51. The number of nitrogens with zero attached hydrogens (tertiary/aromatic N) is 1. The van der Waals surface area contributed by atoms with Crippen molar-refractivity contribution in [2.75, 3.05) is 7.11 Å². The van der Waals surface area contributed by atoms with Crippen molar-refractivity contribution in [1.82, 2.24) is 5.32 Å². The van der Waals surface area contributed by atoms with Crippen LogP contribution in [-0.4, -0.2) is 30.0 Å². The molecule has 1 aromatic heterocycles. The molecule has 0 saturated carbocycles. The number of furan rings is 1. The highest BCUT2D eigenvalue weighted by molar-refractivity contribution is 5.94. The SMILES string of the molecule is COC(=O)C(CC(C)C)NC(=O)c1ccc([N+](=O)[O-])o1. The number of ether oxygens (including phenoxy) is 1. The smallest absolute Gasteiger partial charge is 0.433 e. The highest BCUT2D eigenvalue weighted by Gasteiger charge is 2.25. The first-order valence-electron chi connectivity index (χ1n) is 5.98. The average Bonchev–Trinajstić information content (AvgIpc) is 2.86. The molecule has 0 aliphatic rings. The first-order chi connectivity index (χ1) is 9.35. The van der Waals surface area contributed by atoms with Gasteiger partial charge in [0.25, 0.3) is 5.91 Å². The van der Waals surface area contributed by atoms with E-state index in [4.69, 9.17) is 4.42 Å². The van der Waals surface area contributed by atoms with E-state index in [-0.39, 0.29) is 11.7 Å². The maximum atomic E-state index is 11.9. The summed E-state index contributed by atoms with van der Waals surface area (Å²) in [6, 6.07) is 1.43. The normalized spacial score (nSPS) is 12.0. The van der Waals surface area contributed by atoms with E-state index in [1.165, 1.54) is 13.2 Å². The molecule has 1 N–H and O–H groups in total. The summed E-state index contributed by atoms with van der Waals surface area (Å²) in [6.45, 7) is 3.78. The van der Waals surface area contributed by atoms with Crippen molar-refractivity contribution in [3.63, 3.8) is 0 Å². The molecule has 8 nitrogen and oxygen atoms in total. The Labute approximate surface area is 115 Å². The second-order valence-electron chi connectivity index (χ2n) is 4.57. The summed E-state index contributed by atoms with van der Waals surface area (Å²) in [7, 11) is 1.22. The summed E-state index contributed by atoms with van der Waals surface area (Å²) in [5.41, 5.74) is 0. The van der Waals surface area contributed by atoms with Gasteiger partial charge in [-0.3, -0.25) is 14.9 Å². The van der Waals surface area contributed by atoms with Crippen LogP contribution in [0.5, 0.6) is 0 Å². The number of carbonyl (C=O) groups is 2. The van der Waals surface area contributed by atoms with Crippen LogP contribution in [0.1, 0.15) is 30.8 Å². The van der Waals surface area contributed by atoms with Crippen molar-refractivity contribution in [3.05, 3.63) is 28.0 Å². The van der Waals surface area contributed by atoms with Crippen LogP contribution >= 0.6 is 0 Å².